The lowest BCUT2D eigenvalue weighted by atomic mass is 10.1. The third-order valence-corrected chi connectivity index (χ3v) is 2.92. The van der Waals surface area contributed by atoms with Crippen LogP contribution in [0.4, 0.5) is 4.39 Å². The average molecular weight is 227 g/mol. The summed E-state index contributed by atoms with van der Waals surface area (Å²) in [5, 5.41) is 7.43. The van der Waals surface area contributed by atoms with Gasteiger partial charge in [-0.3, -0.25) is 4.68 Å². The minimum absolute atomic E-state index is 0.187. The molecule has 1 aliphatic heterocycles. The Morgan fingerprint density at radius 2 is 2.50 bits per heavy atom. The summed E-state index contributed by atoms with van der Waals surface area (Å²) in [5.41, 5.74) is 2.10. The molecule has 1 N–H and O–H groups in total. The number of alkyl halides is 1. The van der Waals surface area contributed by atoms with E-state index in [1.165, 1.54) is 0 Å². The molecule has 2 heterocycles. The van der Waals surface area contributed by atoms with Crippen LogP contribution in [0.5, 0.6) is 0 Å². The smallest absolute Gasteiger partial charge is 0.214 e. The second kappa shape index (κ2) is 4.93. The van der Waals surface area contributed by atoms with Gasteiger partial charge in [-0.25, -0.2) is 4.39 Å². The molecule has 5 heteroatoms. The van der Waals surface area contributed by atoms with Crippen LogP contribution < -0.4 is 5.32 Å². The van der Waals surface area contributed by atoms with E-state index in [0.717, 1.165) is 24.1 Å². The number of halogens is 1. The van der Waals surface area contributed by atoms with Crippen molar-refractivity contribution in [3.63, 3.8) is 0 Å². The van der Waals surface area contributed by atoms with E-state index < -0.39 is 6.36 Å². The number of hydrogen-bond donors (Lipinski definition) is 1. The Kier molecular flexibility index (Phi) is 3.56. The number of rotatable bonds is 3. The number of nitrogens with zero attached hydrogens (tertiary/aromatic N) is 2. The summed E-state index contributed by atoms with van der Waals surface area (Å²) in [6.45, 7) is 3.14. The van der Waals surface area contributed by atoms with Gasteiger partial charge in [0.1, 0.15) is 0 Å². The maximum atomic E-state index is 13.4. The molecular weight excluding hydrogens is 209 g/mol. The average Bonchev–Trinajstić information content (AvgIpc) is 2.56. The summed E-state index contributed by atoms with van der Waals surface area (Å²) in [6, 6.07) is -0.187. The lowest BCUT2D eigenvalue weighted by molar-refractivity contribution is -0.0897. The van der Waals surface area contributed by atoms with Crippen molar-refractivity contribution in [2.24, 2.45) is 7.05 Å². The zero-order chi connectivity index (χ0) is 11.5. The topological polar surface area (TPSA) is 39.1 Å². The van der Waals surface area contributed by atoms with Crippen molar-refractivity contribution in [3.05, 3.63) is 17.5 Å². The monoisotopic (exact) mass is 227 g/mol. The zero-order valence-corrected chi connectivity index (χ0v) is 9.74. The first kappa shape index (κ1) is 11.5. The van der Waals surface area contributed by atoms with Crippen molar-refractivity contribution in [1.82, 2.24) is 15.1 Å². The van der Waals surface area contributed by atoms with Crippen LogP contribution in [0.25, 0.3) is 0 Å². The fourth-order valence-electron chi connectivity index (χ4n) is 2.00. The molecule has 1 saturated heterocycles. The van der Waals surface area contributed by atoms with E-state index in [1.807, 2.05) is 20.2 Å². The van der Waals surface area contributed by atoms with Gasteiger partial charge in [-0.2, -0.15) is 5.10 Å². The number of ether oxygens (including phenoxy) is 1. The first-order valence-corrected chi connectivity index (χ1v) is 5.65. The summed E-state index contributed by atoms with van der Waals surface area (Å²) in [4.78, 5) is 0. The number of aryl methyl sites for hydroxylation is 2. The Morgan fingerprint density at radius 1 is 1.69 bits per heavy atom. The molecule has 16 heavy (non-hydrogen) atoms. The summed E-state index contributed by atoms with van der Waals surface area (Å²) < 4.78 is 20.1. The third-order valence-electron chi connectivity index (χ3n) is 2.92. The maximum Gasteiger partial charge on any atom is 0.214 e. The van der Waals surface area contributed by atoms with Crippen molar-refractivity contribution in [2.75, 3.05) is 6.61 Å². The minimum atomic E-state index is -1.18. The van der Waals surface area contributed by atoms with Crippen molar-refractivity contribution >= 4 is 0 Å². The van der Waals surface area contributed by atoms with Crippen LogP contribution in [0.3, 0.4) is 0 Å². The van der Waals surface area contributed by atoms with Gasteiger partial charge in [-0.1, -0.05) is 0 Å². The highest BCUT2D eigenvalue weighted by Gasteiger charge is 2.24. The van der Waals surface area contributed by atoms with E-state index >= 15 is 0 Å². The molecule has 0 aromatic carbocycles. The molecule has 0 saturated carbocycles. The highest BCUT2D eigenvalue weighted by molar-refractivity contribution is 5.14. The molecule has 1 aromatic rings. The van der Waals surface area contributed by atoms with E-state index in [2.05, 4.69) is 10.4 Å². The summed E-state index contributed by atoms with van der Waals surface area (Å²) in [6.07, 6.45) is 2.54. The molecule has 0 aliphatic carbocycles. The predicted molar refractivity (Wildman–Crippen MR) is 58.7 cm³/mol. The van der Waals surface area contributed by atoms with Crippen LogP contribution in [-0.2, 0) is 18.3 Å². The first-order valence-electron chi connectivity index (χ1n) is 5.65. The molecule has 2 atom stereocenters. The Hall–Kier alpha value is -0.940. The molecule has 0 bridgehead atoms. The van der Waals surface area contributed by atoms with Crippen LogP contribution in [0.2, 0.25) is 0 Å². The van der Waals surface area contributed by atoms with Crippen LogP contribution >= 0.6 is 0 Å². The van der Waals surface area contributed by atoms with E-state index in [4.69, 9.17) is 4.74 Å². The van der Waals surface area contributed by atoms with Crippen molar-refractivity contribution in [1.29, 1.82) is 0 Å². The van der Waals surface area contributed by atoms with E-state index in [1.54, 1.807) is 4.68 Å². The first-order chi connectivity index (χ1) is 7.66. The van der Waals surface area contributed by atoms with E-state index in [-0.39, 0.29) is 6.04 Å². The highest BCUT2D eigenvalue weighted by atomic mass is 19.1. The molecule has 0 spiro atoms. The molecule has 1 aromatic heterocycles. The van der Waals surface area contributed by atoms with Crippen molar-refractivity contribution in [2.45, 2.75) is 38.7 Å². The van der Waals surface area contributed by atoms with Crippen molar-refractivity contribution < 1.29 is 9.13 Å². The van der Waals surface area contributed by atoms with Gasteiger partial charge < -0.3 is 10.1 Å². The zero-order valence-electron chi connectivity index (χ0n) is 9.74. The van der Waals surface area contributed by atoms with Crippen LogP contribution in [-0.4, -0.2) is 28.8 Å². The largest absolute Gasteiger partial charge is 0.347 e. The Labute approximate surface area is 94.8 Å². The predicted octanol–water partition coefficient (Wildman–Crippen LogP) is 1.29. The van der Waals surface area contributed by atoms with Gasteiger partial charge in [0.2, 0.25) is 6.36 Å². The number of aromatic nitrogens is 2. The van der Waals surface area contributed by atoms with Gasteiger partial charge in [0.05, 0.1) is 18.3 Å². The van der Waals surface area contributed by atoms with Gasteiger partial charge in [0, 0.05) is 25.4 Å². The fourth-order valence-corrected chi connectivity index (χ4v) is 2.00. The second-order valence-electron chi connectivity index (χ2n) is 4.26. The van der Waals surface area contributed by atoms with Crippen LogP contribution in [0, 0.1) is 6.92 Å². The van der Waals surface area contributed by atoms with Gasteiger partial charge in [-0.15, -0.1) is 0 Å². The lowest BCUT2D eigenvalue weighted by Crippen LogP contribution is -2.41. The molecule has 90 valence electrons. The molecule has 4 nitrogen and oxygen atoms in total. The second-order valence-corrected chi connectivity index (χ2v) is 4.26. The Morgan fingerprint density at radius 3 is 3.12 bits per heavy atom. The van der Waals surface area contributed by atoms with Gasteiger partial charge in [-0.05, 0) is 19.8 Å². The summed E-state index contributed by atoms with van der Waals surface area (Å²) in [7, 11) is 1.89. The fraction of sp³-hybridized carbons (Fsp3) is 0.727. The number of nitrogens with one attached hydrogen (secondary N) is 1. The van der Waals surface area contributed by atoms with Gasteiger partial charge in [0.15, 0.2) is 0 Å². The number of hydrogen-bond acceptors (Lipinski definition) is 3. The molecule has 2 unspecified atom stereocenters. The Bertz CT molecular complexity index is 353. The molecule has 0 amide bonds. The standard InChI is InChI=1S/C11H18FN3O/c1-8-9(7-15(2)14-8)6-13-10-4-3-5-16-11(10)12/h7,10-11,13H,3-6H2,1-2H3. The summed E-state index contributed by atoms with van der Waals surface area (Å²) >= 11 is 0. The molecule has 1 fully saturated rings. The molecule has 2 rings (SSSR count). The third kappa shape index (κ3) is 2.59. The molecule has 1 aliphatic rings. The molecular formula is C11H18FN3O. The molecule has 0 radical (unpaired) electrons. The van der Waals surface area contributed by atoms with Gasteiger partial charge >= 0.3 is 0 Å². The normalized spacial score (nSPS) is 25.9. The van der Waals surface area contributed by atoms with E-state index in [9.17, 15) is 4.39 Å². The van der Waals surface area contributed by atoms with Crippen molar-refractivity contribution in [3.8, 4) is 0 Å². The Balaban J connectivity index is 1.89. The summed E-state index contributed by atoms with van der Waals surface area (Å²) in [5.74, 6) is 0. The van der Waals surface area contributed by atoms with Gasteiger partial charge in [0.25, 0.3) is 0 Å². The maximum absolute atomic E-state index is 13.4. The SMILES string of the molecule is Cc1nn(C)cc1CNC1CCCOC1F. The lowest BCUT2D eigenvalue weighted by Gasteiger charge is -2.26. The van der Waals surface area contributed by atoms with Crippen LogP contribution in [0.15, 0.2) is 6.20 Å². The minimum Gasteiger partial charge on any atom is -0.347 e. The van der Waals surface area contributed by atoms with E-state index in [0.29, 0.717) is 13.2 Å². The highest BCUT2D eigenvalue weighted by Crippen LogP contribution is 2.15. The van der Waals surface area contributed by atoms with Crippen LogP contribution in [0.1, 0.15) is 24.1 Å². The quantitative estimate of drug-likeness (QED) is 0.845.